The van der Waals surface area contributed by atoms with Gasteiger partial charge in [0.2, 0.25) is 0 Å². The van der Waals surface area contributed by atoms with Gasteiger partial charge in [-0.2, -0.15) is 0 Å². The van der Waals surface area contributed by atoms with Crippen LogP contribution in [0.5, 0.6) is 0 Å². The molecule has 0 heterocycles. The van der Waals surface area contributed by atoms with E-state index in [0.29, 0.717) is 0 Å². The molecule has 48 valence electrons. The second-order valence-corrected chi connectivity index (χ2v) is 3.05. The number of hydrogen-bond acceptors (Lipinski definition) is 2. The summed E-state index contributed by atoms with van der Waals surface area (Å²) in [6.07, 6.45) is 1.44. The van der Waals surface area contributed by atoms with Gasteiger partial charge in [0.1, 0.15) is 0 Å². The molecule has 0 aliphatic heterocycles. The van der Waals surface area contributed by atoms with Crippen molar-refractivity contribution in [3.63, 3.8) is 0 Å². The largest absolute Gasteiger partial charge is 0.387 e. The molecule has 1 saturated carbocycles. The first-order chi connectivity index (χ1) is 3.46. The molecule has 0 radical (unpaired) electrons. The maximum absolute atomic E-state index is 9.19. The highest BCUT2D eigenvalue weighted by Crippen LogP contribution is 2.41. The van der Waals surface area contributed by atoms with Crippen LogP contribution in [0, 0.1) is 0 Å². The van der Waals surface area contributed by atoms with Crippen molar-refractivity contribution in [1.29, 1.82) is 0 Å². The van der Waals surface area contributed by atoms with E-state index in [1.54, 1.807) is 13.8 Å². The standard InChI is InChI=1S/C6H12O2/c1-5(7)3-4-6(5,2)8/h7-8H,3-4H2,1-2H3/t5-,6+. The Balaban J connectivity index is 2.63. The molecule has 2 nitrogen and oxygen atoms in total. The van der Waals surface area contributed by atoms with Crippen LogP contribution in [-0.2, 0) is 0 Å². The third-order valence-electron chi connectivity index (χ3n) is 2.26. The second-order valence-electron chi connectivity index (χ2n) is 3.05. The lowest BCUT2D eigenvalue weighted by Gasteiger charge is -2.48. The molecule has 8 heavy (non-hydrogen) atoms. The first-order valence-corrected chi connectivity index (χ1v) is 2.90. The molecule has 1 fully saturated rings. The zero-order valence-corrected chi connectivity index (χ0v) is 5.31. The van der Waals surface area contributed by atoms with E-state index in [0.717, 1.165) is 12.8 Å². The highest BCUT2D eigenvalue weighted by molar-refractivity contribution is 5.03. The van der Waals surface area contributed by atoms with E-state index < -0.39 is 11.2 Å². The molecule has 0 amide bonds. The van der Waals surface area contributed by atoms with Gasteiger partial charge >= 0.3 is 0 Å². The predicted molar refractivity (Wildman–Crippen MR) is 30.5 cm³/mol. The van der Waals surface area contributed by atoms with Crippen LogP contribution in [0.25, 0.3) is 0 Å². The molecule has 0 saturated heterocycles. The maximum atomic E-state index is 9.19. The van der Waals surface area contributed by atoms with Crippen molar-refractivity contribution in [2.45, 2.75) is 37.9 Å². The van der Waals surface area contributed by atoms with Crippen LogP contribution in [0.3, 0.4) is 0 Å². The minimum atomic E-state index is -0.826. The molecule has 0 unspecified atom stereocenters. The van der Waals surface area contributed by atoms with E-state index in [2.05, 4.69) is 0 Å². The van der Waals surface area contributed by atoms with Crippen LogP contribution < -0.4 is 0 Å². The average molecular weight is 116 g/mol. The summed E-state index contributed by atoms with van der Waals surface area (Å²) in [5.74, 6) is 0. The van der Waals surface area contributed by atoms with Gasteiger partial charge in [-0.25, -0.2) is 0 Å². The molecule has 2 atom stereocenters. The minimum Gasteiger partial charge on any atom is -0.387 e. The van der Waals surface area contributed by atoms with Crippen molar-refractivity contribution in [3.05, 3.63) is 0 Å². The second kappa shape index (κ2) is 1.25. The molecule has 0 aromatic carbocycles. The van der Waals surface area contributed by atoms with Crippen molar-refractivity contribution in [3.8, 4) is 0 Å². The maximum Gasteiger partial charge on any atom is 0.0903 e. The van der Waals surface area contributed by atoms with E-state index in [1.165, 1.54) is 0 Å². The average Bonchev–Trinajstić information content (AvgIpc) is 1.64. The van der Waals surface area contributed by atoms with Gasteiger partial charge in [0.15, 0.2) is 0 Å². The Labute approximate surface area is 49.1 Å². The third kappa shape index (κ3) is 0.565. The van der Waals surface area contributed by atoms with E-state index in [9.17, 15) is 10.2 Å². The van der Waals surface area contributed by atoms with Crippen LogP contribution in [-0.4, -0.2) is 21.4 Å². The highest BCUT2D eigenvalue weighted by atomic mass is 16.4. The Kier molecular flexibility index (Phi) is 0.946. The lowest BCUT2D eigenvalue weighted by molar-refractivity contribution is -0.200. The molecule has 0 aromatic rings. The van der Waals surface area contributed by atoms with Crippen LogP contribution in [0.4, 0.5) is 0 Å². The molecule has 0 spiro atoms. The number of aliphatic hydroxyl groups is 2. The summed E-state index contributed by atoms with van der Waals surface area (Å²) in [7, 11) is 0. The Morgan fingerprint density at radius 3 is 1.25 bits per heavy atom. The zero-order chi connectivity index (χ0) is 6.41. The van der Waals surface area contributed by atoms with Crippen LogP contribution in [0.15, 0.2) is 0 Å². The summed E-state index contributed by atoms with van der Waals surface area (Å²) >= 11 is 0. The summed E-state index contributed by atoms with van der Waals surface area (Å²) in [4.78, 5) is 0. The SMILES string of the molecule is C[C@]1(O)CC[C@@]1(C)O. The van der Waals surface area contributed by atoms with Gasteiger partial charge in [0.05, 0.1) is 11.2 Å². The number of rotatable bonds is 0. The predicted octanol–water partition coefficient (Wildman–Crippen LogP) is 0.282. The molecule has 1 rings (SSSR count). The molecular formula is C6H12O2. The summed E-state index contributed by atoms with van der Waals surface area (Å²) in [6, 6.07) is 0. The number of hydrogen-bond donors (Lipinski definition) is 2. The van der Waals surface area contributed by atoms with Crippen molar-refractivity contribution in [2.75, 3.05) is 0 Å². The van der Waals surface area contributed by atoms with Crippen LogP contribution >= 0.6 is 0 Å². The summed E-state index contributed by atoms with van der Waals surface area (Å²) in [5, 5.41) is 18.4. The summed E-state index contributed by atoms with van der Waals surface area (Å²) in [5.41, 5.74) is -1.65. The van der Waals surface area contributed by atoms with Crippen molar-refractivity contribution in [1.82, 2.24) is 0 Å². The highest BCUT2D eigenvalue weighted by Gasteiger charge is 2.50. The normalized spacial score (nSPS) is 55.5. The molecule has 1 aliphatic carbocycles. The van der Waals surface area contributed by atoms with Gasteiger partial charge in [0, 0.05) is 0 Å². The monoisotopic (exact) mass is 116 g/mol. The third-order valence-corrected chi connectivity index (χ3v) is 2.26. The topological polar surface area (TPSA) is 40.5 Å². The molecule has 0 aromatic heterocycles. The van der Waals surface area contributed by atoms with Crippen molar-refractivity contribution < 1.29 is 10.2 Å². The quantitative estimate of drug-likeness (QED) is 0.477. The Morgan fingerprint density at radius 2 is 1.25 bits per heavy atom. The fraction of sp³-hybridized carbons (Fsp3) is 1.00. The van der Waals surface area contributed by atoms with Gasteiger partial charge in [-0.1, -0.05) is 0 Å². The van der Waals surface area contributed by atoms with Gasteiger partial charge in [-0.15, -0.1) is 0 Å². The van der Waals surface area contributed by atoms with Gasteiger partial charge in [-0.3, -0.25) is 0 Å². The first-order valence-electron chi connectivity index (χ1n) is 2.90. The molecule has 2 N–H and O–H groups in total. The van der Waals surface area contributed by atoms with Gasteiger partial charge < -0.3 is 10.2 Å². The fourth-order valence-electron chi connectivity index (χ4n) is 0.849. The van der Waals surface area contributed by atoms with E-state index >= 15 is 0 Å². The summed E-state index contributed by atoms with van der Waals surface area (Å²) in [6.45, 7) is 3.33. The first kappa shape index (κ1) is 6.05. The Bertz CT molecular complexity index is 91.1. The molecule has 2 heteroatoms. The van der Waals surface area contributed by atoms with Crippen LogP contribution in [0.1, 0.15) is 26.7 Å². The molecular weight excluding hydrogens is 104 g/mol. The van der Waals surface area contributed by atoms with Gasteiger partial charge in [-0.05, 0) is 26.7 Å². The molecule has 0 bridgehead atoms. The molecule has 1 aliphatic rings. The van der Waals surface area contributed by atoms with Gasteiger partial charge in [0.25, 0.3) is 0 Å². The van der Waals surface area contributed by atoms with Crippen molar-refractivity contribution in [2.24, 2.45) is 0 Å². The zero-order valence-electron chi connectivity index (χ0n) is 5.31. The lowest BCUT2D eigenvalue weighted by Crippen LogP contribution is -2.58. The summed E-state index contributed by atoms with van der Waals surface area (Å²) < 4.78 is 0. The fourth-order valence-corrected chi connectivity index (χ4v) is 0.849. The smallest absolute Gasteiger partial charge is 0.0903 e. The Morgan fingerprint density at radius 1 is 1.00 bits per heavy atom. The van der Waals surface area contributed by atoms with Crippen molar-refractivity contribution >= 4 is 0 Å². The lowest BCUT2D eigenvalue weighted by atomic mass is 9.68. The van der Waals surface area contributed by atoms with E-state index in [1.807, 2.05) is 0 Å². The van der Waals surface area contributed by atoms with Crippen LogP contribution in [0.2, 0.25) is 0 Å². The van der Waals surface area contributed by atoms with E-state index in [4.69, 9.17) is 0 Å². The Hall–Kier alpha value is -0.0800. The van der Waals surface area contributed by atoms with E-state index in [-0.39, 0.29) is 0 Å². The minimum absolute atomic E-state index is 0.722.